The predicted octanol–water partition coefficient (Wildman–Crippen LogP) is 2.20. The van der Waals surface area contributed by atoms with E-state index < -0.39 is 0 Å². The van der Waals surface area contributed by atoms with Crippen LogP contribution in [0.5, 0.6) is 0 Å². The van der Waals surface area contributed by atoms with Gasteiger partial charge >= 0.3 is 59.0 Å². The molecular weight excluding hydrogens is 157 g/mol. The normalized spacial score (nSPS) is 11.2. The van der Waals surface area contributed by atoms with Gasteiger partial charge < -0.3 is 0 Å². The van der Waals surface area contributed by atoms with Gasteiger partial charge in [-0.15, -0.1) is 0 Å². The van der Waals surface area contributed by atoms with Crippen molar-refractivity contribution in [2.75, 3.05) is 0 Å². The van der Waals surface area contributed by atoms with Gasteiger partial charge in [0.2, 0.25) is 0 Å². The summed E-state index contributed by atoms with van der Waals surface area (Å²) in [5.74, 6) is 2.44. The van der Waals surface area contributed by atoms with Crippen LogP contribution in [0.15, 0.2) is 0 Å². The third kappa shape index (κ3) is 6.54. The van der Waals surface area contributed by atoms with Gasteiger partial charge in [-0.3, -0.25) is 0 Å². The molecule has 0 unspecified atom stereocenters. The fourth-order valence-corrected chi connectivity index (χ4v) is 2.64. The summed E-state index contributed by atoms with van der Waals surface area (Å²) < 4.78 is 0. The van der Waals surface area contributed by atoms with E-state index in [1.807, 2.05) is 0 Å². The number of unbranched alkanes of at least 4 members (excludes halogenated alkanes) is 3. The van der Waals surface area contributed by atoms with E-state index >= 15 is 0 Å². The Bertz CT molecular complexity index is 29.4. The fraction of sp³-hybridized carbons (Fsp3) is 1.00. The SMILES string of the molecule is CCCCC[CH2][GeH2][CH3]. The van der Waals surface area contributed by atoms with Crippen molar-refractivity contribution in [3.8, 4) is 0 Å². The van der Waals surface area contributed by atoms with Crippen LogP contribution in [-0.2, 0) is 0 Å². The van der Waals surface area contributed by atoms with Crippen molar-refractivity contribution in [3.63, 3.8) is 0 Å². The first-order valence-electron chi connectivity index (χ1n) is 3.91. The Morgan fingerprint density at radius 2 is 1.88 bits per heavy atom. The van der Waals surface area contributed by atoms with E-state index in [0.29, 0.717) is 0 Å². The summed E-state index contributed by atoms with van der Waals surface area (Å²) in [4.78, 5) is 0. The van der Waals surface area contributed by atoms with E-state index in [1.54, 1.807) is 5.25 Å². The van der Waals surface area contributed by atoms with Gasteiger partial charge in [0.15, 0.2) is 0 Å². The van der Waals surface area contributed by atoms with Crippen molar-refractivity contribution < 1.29 is 0 Å². The van der Waals surface area contributed by atoms with E-state index in [-0.39, 0.29) is 15.4 Å². The first-order valence-corrected chi connectivity index (χ1v) is 8.98. The third-order valence-electron chi connectivity index (χ3n) is 1.46. The van der Waals surface area contributed by atoms with E-state index in [9.17, 15) is 0 Å². The maximum absolute atomic E-state index is 2.44. The first-order chi connectivity index (χ1) is 3.91. The Morgan fingerprint density at radius 3 is 2.38 bits per heavy atom. The molecule has 0 saturated heterocycles. The Hall–Kier alpha value is 0.543. The summed E-state index contributed by atoms with van der Waals surface area (Å²) in [7, 11) is 0. The summed E-state index contributed by atoms with van der Waals surface area (Å²) in [6.07, 6.45) is 5.87. The van der Waals surface area contributed by atoms with Crippen LogP contribution >= 0.6 is 0 Å². The molecule has 0 aliphatic rings. The fourth-order valence-electron chi connectivity index (χ4n) is 0.854. The molecule has 0 saturated carbocycles. The van der Waals surface area contributed by atoms with Gasteiger partial charge in [-0.05, 0) is 0 Å². The average Bonchev–Trinajstić information content (AvgIpc) is 1.81. The molecule has 0 aliphatic carbocycles. The Kier molecular flexibility index (Phi) is 8.05. The van der Waals surface area contributed by atoms with E-state index in [2.05, 4.69) is 12.7 Å². The first kappa shape index (κ1) is 8.54. The van der Waals surface area contributed by atoms with Gasteiger partial charge in [-0.25, -0.2) is 0 Å². The van der Waals surface area contributed by atoms with Crippen LogP contribution < -0.4 is 0 Å². The summed E-state index contributed by atoms with van der Waals surface area (Å²) in [6.45, 7) is 2.27. The molecule has 0 fully saturated rings. The number of hydrogen-bond acceptors (Lipinski definition) is 0. The van der Waals surface area contributed by atoms with E-state index in [4.69, 9.17) is 0 Å². The average molecular weight is 175 g/mol. The van der Waals surface area contributed by atoms with E-state index in [1.165, 1.54) is 25.7 Å². The van der Waals surface area contributed by atoms with Gasteiger partial charge in [0.25, 0.3) is 0 Å². The monoisotopic (exact) mass is 176 g/mol. The molecule has 1 heteroatoms. The van der Waals surface area contributed by atoms with Crippen LogP contribution in [0, 0.1) is 0 Å². The van der Waals surface area contributed by atoms with Gasteiger partial charge in [-0.1, -0.05) is 0 Å². The topological polar surface area (TPSA) is 0 Å². The molecule has 0 spiro atoms. The second-order valence-electron chi connectivity index (χ2n) is 2.41. The van der Waals surface area contributed by atoms with Gasteiger partial charge in [-0.2, -0.15) is 0 Å². The molecule has 50 valence electrons. The Morgan fingerprint density at radius 1 is 1.12 bits per heavy atom. The zero-order chi connectivity index (χ0) is 6.24. The molecule has 8 heavy (non-hydrogen) atoms. The summed E-state index contributed by atoms with van der Waals surface area (Å²) in [5, 5.41) is 1.62. The molecule has 0 N–H and O–H groups in total. The van der Waals surface area contributed by atoms with Crippen molar-refractivity contribution >= 4 is 15.4 Å². The van der Waals surface area contributed by atoms with Crippen LogP contribution in [-0.4, -0.2) is 15.4 Å². The molecule has 0 aromatic heterocycles. The predicted molar refractivity (Wildman–Crippen MR) is 43.4 cm³/mol. The molecule has 0 nitrogen and oxygen atoms in total. The van der Waals surface area contributed by atoms with Crippen LogP contribution in [0.3, 0.4) is 0 Å². The minimum absolute atomic E-state index is 0.0434. The molecule has 0 aliphatic heterocycles. The standard InChI is InChI=1S/C7H18Ge/c1-3-4-5-6-7-8-2/h3-8H2,1-2H3. The molecule has 0 amide bonds. The molecule has 0 heterocycles. The van der Waals surface area contributed by atoms with Crippen molar-refractivity contribution in [1.82, 2.24) is 0 Å². The molecular formula is C7H18Ge. The van der Waals surface area contributed by atoms with Crippen LogP contribution in [0.2, 0.25) is 11.0 Å². The van der Waals surface area contributed by atoms with Crippen molar-refractivity contribution in [2.24, 2.45) is 0 Å². The molecule has 0 atom stereocenters. The van der Waals surface area contributed by atoms with Crippen molar-refractivity contribution in [2.45, 2.75) is 43.6 Å². The molecule has 0 rings (SSSR count). The second-order valence-corrected chi connectivity index (χ2v) is 6.00. The summed E-state index contributed by atoms with van der Waals surface area (Å²) >= 11 is 0.0434. The molecule has 0 aromatic rings. The van der Waals surface area contributed by atoms with Gasteiger partial charge in [0.1, 0.15) is 0 Å². The molecule has 0 radical (unpaired) electrons. The minimum atomic E-state index is 0.0434. The third-order valence-corrected chi connectivity index (χ3v) is 3.99. The van der Waals surface area contributed by atoms with Crippen molar-refractivity contribution in [3.05, 3.63) is 0 Å². The van der Waals surface area contributed by atoms with Crippen LogP contribution in [0.25, 0.3) is 0 Å². The van der Waals surface area contributed by atoms with Crippen LogP contribution in [0.1, 0.15) is 32.6 Å². The zero-order valence-electron chi connectivity index (χ0n) is 6.24. The van der Waals surface area contributed by atoms with Gasteiger partial charge in [0, 0.05) is 0 Å². The maximum atomic E-state index is 2.44. The summed E-state index contributed by atoms with van der Waals surface area (Å²) in [6, 6.07) is 0. The zero-order valence-corrected chi connectivity index (χ0v) is 9.21. The van der Waals surface area contributed by atoms with Crippen molar-refractivity contribution in [1.29, 1.82) is 0 Å². The quantitative estimate of drug-likeness (QED) is 0.443. The molecule has 0 bridgehead atoms. The van der Waals surface area contributed by atoms with E-state index in [0.717, 1.165) is 0 Å². The second kappa shape index (κ2) is 7.54. The number of hydrogen-bond donors (Lipinski definition) is 0. The summed E-state index contributed by atoms with van der Waals surface area (Å²) in [5.41, 5.74) is 0. The van der Waals surface area contributed by atoms with Crippen LogP contribution in [0.4, 0.5) is 0 Å². The Labute approximate surface area is 59.5 Å². The Balaban J connectivity index is 2.53. The molecule has 0 aromatic carbocycles. The van der Waals surface area contributed by atoms with Gasteiger partial charge in [0.05, 0.1) is 0 Å². The number of rotatable bonds is 5.